The maximum atomic E-state index is 14.0. The Hall–Kier alpha value is -1.62. The lowest BCUT2D eigenvalue weighted by Gasteiger charge is -2.31. The summed E-state index contributed by atoms with van der Waals surface area (Å²) in [4.78, 5) is 13.6. The second kappa shape index (κ2) is 5.35. The molecule has 1 unspecified atom stereocenters. The molecule has 1 aromatic carbocycles. The number of piperazine rings is 1. The molecule has 0 aliphatic carbocycles. The summed E-state index contributed by atoms with van der Waals surface area (Å²) in [5.41, 5.74) is 0.483. The van der Waals surface area contributed by atoms with Crippen LogP contribution < -0.4 is 10.1 Å². The van der Waals surface area contributed by atoms with Crippen LogP contribution in [-0.4, -0.2) is 37.0 Å². The molecule has 0 saturated carbocycles. The van der Waals surface area contributed by atoms with Gasteiger partial charge in [-0.3, -0.25) is 4.79 Å². The smallest absolute Gasteiger partial charge is 0.239 e. The Morgan fingerprint density at radius 2 is 2.33 bits per heavy atom. The lowest BCUT2D eigenvalue weighted by molar-refractivity contribution is -0.135. The number of rotatable bonds is 3. The first kappa shape index (κ1) is 12.8. The van der Waals surface area contributed by atoms with Gasteiger partial charge in [0.05, 0.1) is 13.2 Å². The monoisotopic (exact) mass is 252 g/mol. The van der Waals surface area contributed by atoms with Crippen LogP contribution in [0.15, 0.2) is 18.2 Å². The predicted octanol–water partition coefficient (Wildman–Crippen LogP) is 1.15. The van der Waals surface area contributed by atoms with Crippen molar-refractivity contribution < 1.29 is 13.9 Å². The molecule has 1 heterocycles. The van der Waals surface area contributed by atoms with E-state index in [-0.39, 0.29) is 30.1 Å². The highest BCUT2D eigenvalue weighted by atomic mass is 19.1. The number of benzene rings is 1. The first-order chi connectivity index (χ1) is 8.63. The largest absolute Gasteiger partial charge is 0.494 e. The van der Waals surface area contributed by atoms with Gasteiger partial charge in [0.25, 0.3) is 0 Å². The van der Waals surface area contributed by atoms with Gasteiger partial charge in [-0.15, -0.1) is 0 Å². The Bertz CT molecular complexity index is 451. The molecule has 0 spiro atoms. The normalized spacial score (nSPS) is 20.1. The van der Waals surface area contributed by atoms with Gasteiger partial charge in [0.15, 0.2) is 11.6 Å². The number of ether oxygens (including phenoxy) is 1. The fourth-order valence-electron chi connectivity index (χ4n) is 2.09. The van der Waals surface area contributed by atoms with Crippen LogP contribution in [-0.2, 0) is 11.3 Å². The first-order valence-electron chi connectivity index (χ1n) is 5.97. The zero-order valence-electron chi connectivity index (χ0n) is 10.6. The van der Waals surface area contributed by atoms with Gasteiger partial charge in [0.1, 0.15) is 0 Å². The van der Waals surface area contributed by atoms with Crippen LogP contribution in [0.5, 0.6) is 5.75 Å². The van der Waals surface area contributed by atoms with Gasteiger partial charge in [-0.1, -0.05) is 12.1 Å². The molecule has 2 rings (SSSR count). The zero-order chi connectivity index (χ0) is 13.1. The number of hydrogen-bond acceptors (Lipinski definition) is 3. The highest BCUT2D eigenvalue weighted by Gasteiger charge is 2.25. The molecule has 0 bridgehead atoms. The van der Waals surface area contributed by atoms with Gasteiger partial charge in [-0.2, -0.15) is 0 Å². The molecule has 1 aliphatic rings. The van der Waals surface area contributed by atoms with Crippen LogP contribution in [0.2, 0.25) is 0 Å². The lowest BCUT2D eigenvalue weighted by Crippen LogP contribution is -2.53. The fourth-order valence-corrected chi connectivity index (χ4v) is 2.09. The molecule has 1 amide bonds. The molecule has 1 aromatic rings. The lowest BCUT2D eigenvalue weighted by atomic mass is 10.1. The van der Waals surface area contributed by atoms with E-state index in [4.69, 9.17) is 4.74 Å². The molecule has 1 aliphatic heterocycles. The first-order valence-corrected chi connectivity index (χ1v) is 5.97. The van der Waals surface area contributed by atoms with Crippen LogP contribution >= 0.6 is 0 Å². The summed E-state index contributed by atoms with van der Waals surface area (Å²) in [7, 11) is 1.43. The van der Waals surface area contributed by atoms with Gasteiger partial charge in [0.2, 0.25) is 5.91 Å². The van der Waals surface area contributed by atoms with Gasteiger partial charge in [-0.05, 0) is 13.0 Å². The van der Waals surface area contributed by atoms with Gasteiger partial charge >= 0.3 is 0 Å². The van der Waals surface area contributed by atoms with Crippen LogP contribution in [0.4, 0.5) is 4.39 Å². The Labute approximate surface area is 106 Å². The van der Waals surface area contributed by atoms with E-state index >= 15 is 0 Å². The van der Waals surface area contributed by atoms with Crippen molar-refractivity contribution in [2.24, 2.45) is 0 Å². The standard InChI is InChI=1S/C13H17FN2O2/c1-9-13(17)16(7-6-15-9)8-10-4-3-5-11(18-2)12(10)14/h3-5,9,15H,6-8H2,1-2H3. The van der Waals surface area contributed by atoms with Crippen LogP contribution in [0.25, 0.3) is 0 Å². The van der Waals surface area contributed by atoms with Crippen molar-refractivity contribution >= 4 is 5.91 Å². The molecular formula is C13H17FN2O2. The van der Waals surface area contributed by atoms with E-state index in [9.17, 15) is 9.18 Å². The summed E-state index contributed by atoms with van der Waals surface area (Å²) in [5, 5.41) is 3.08. The fraction of sp³-hybridized carbons (Fsp3) is 0.462. The minimum Gasteiger partial charge on any atom is -0.494 e. The Morgan fingerprint density at radius 1 is 1.56 bits per heavy atom. The average molecular weight is 252 g/mol. The Kier molecular flexibility index (Phi) is 3.81. The minimum atomic E-state index is -0.390. The van der Waals surface area contributed by atoms with Crippen molar-refractivity contribution in [1.82, 2.24) is 10.2 Å². The van der Waals surface area contributed by atoms with Crippen molar-refractivity contribution in [2.75, 3.05) is 20.2 Å². The van der Waals surface area contributed by atoms with E-state index in [2.05, 4.69) is 5.32 Å². The summed E-state index contributed by atoms with van der Waals surface area (Å²) in [6.45, 7) is 3.43. The summed E-state index contributed by atoms with van der Waals surface area (Å²) in [6, 6.07) is 4.78. The Balaban J connectivity index is 2.16. The maximum Gasteiger partial charge on any atom is 0.239 e. The number of halogens is 1. The van der Waals surface area contributed by atoms with Gasteiger partial charge < -0.3 is 15.0 Å². The SMILES string of the molecule is COc1cccc(CN2CCNC(C)C2=O)c1F. The summed E-state index contributed by atoms with van der Waals surface area (Å²) in [6.07, 6.45) is 0. The third kappa shape index (κ3) is 2.46. The predicted molar refractivity (Wildman–Crippen MR) is 65.8 cm³/mol. The molecule has 1 fully saturated rings. The van der Waals surface area contributed by atoms with E-state index in [1.165, 1.54) is 7.11 Å². The number of nitrogens with zero attached hydrogens (tertiary/aromatic N) is 1. The van der Waals surface area contributed by atoms with Gasteiger partial charge in [0, 0.05) is 25.2 Å². The number of methoxy groups -OCH3 is 1. The number of hydrogen-bond donors (Lipinski definition) is 1. The van der Waals surface area contributed by atoms with Crippen molar-refractivity contribution in [2.45, 2.75) is 19.5 Å². The molecule has 1 N–H and O–H groups in total. The van der Waals surface area contributed by atoms with E-state index < -0.39 is 0 Å². The zero-order valence-corrected chi connectivity index (χ0v) is 10.6. The van der Waals surface area contributed by atoms with Crippen molar-refractivity contribution in [3.63, 3.8) is 0 Å². The molecule has 5 heteroatoms. The quantitative estimate of drug-likeness (QED) is 0.877. The average Bonchev–Trinajstić information content (AvgIpc) is 2.37. The van der Waals surface area contributed by atoms with E-state index in [0.717, 1.165) is 6.54 Å². The summed E-state index contributed by atoms with van der Waals surface area (Å²) >= 11 is 0. The minimum absolute atomic E-state index is 0.00321. The van der Waals surface area contributed by atoms with E-state index in [1.54, 1.807) is 23.1 Å². The van der Waals surface area contributed by atoms with Crippen molar-refractivity contribution in [3.8, 4) is 5.75 Å². The van der Waals surface area contributed by atoms with E-state index in [0.29, 0.717) is 12.1 Å². The molecule has 1 atom stereocenters. The molecule has 98 valence electrons. The Morgan fingerprint density at radius 3 is 3.06 bits per heavy atom. The molecule has 4 nitrogen and oxygen atoms in total. The summed E-state index contributed by atoms with van der Waals surface area (Å²) in [5.74, 6) is -0.175. The summed E-state index contributed by atoms with van der Waals surface area (Å²) < 4.78 is 18.9. The van der Waals surface area contributed by atoms with Crippen LogP contribution in [0.1, 0.15) is 12.5 Å². The highest BCUT2D eigenvalue weighted by Crippen LogP contribution is 2.21. The molecule has 18 heavy (non-hydrogen) atoms. The molecule has 0 aromatic heterocycles. The highest BCUT2D eigenvalue weighted by molar-refractivity contribution is 5.82. The number of amides is 1. The number of carbonyl (C=O) groups is 1. The van der Waals surface area contributed by atoms with E-state index in [1.807, 2.05) is 6.92 Å². The topological polar surface area (TPSA) is 41.6 Å². The van der Waals surface area contributed by atoms with Crippen molar-refractivity contribution in [1.29, 1.82) is 0 Å². The molecule has 0 radical (unpaired) electrons. The second-order valence-corrected chi connectivity index (χ2v) is 4.37. The third-order valence-corrected chi connectivity index (χ3v) is 3.14. The van der Waals surface area contributed by atoms with Crippen LogP contribution in [0.3, 0.4) is 0 Å². The maximum absolute atomic E-state index is 14.0. The van der Waals surface area contributed by atoms with Crippen LogP contribution in [0, 0.1) is 5.82 Å². The van der Waals surface area contributed by atoms with Crippen molar-refractivity contribution in [3.05, 3.63) is 29.6 Å². The third-order valence-electron chi connectivity index (χ3n) is 3.14. The van der Waals surface area contributed by atoms with Gasteiger partial charge in [-0.25, -0.2) is 4.39 Å². The molecule has 1 saturated heterocycles. The number of nitrogens with one attached hydrogen (secondary N) is 1. The molecular weight excluding hydrogens is 235 g/mol. The second-order valence-electron chi connectivity index (χ2n) is 4.37. The number of carbonyl (C=O) groups excluding carboxylic acids is 1.